The second-order valence-electron chi connectivity index (χ2n) is 6.08. The minimum Gasteiger partial charge on any atom is -0.406 e. The molecular formula is C17H24ClF3N2O2. The molecule has 1 N–H and O–H groups in total. The van der Waals surface area contributed by atoms with Crippen molar-refractivity contribution < 1.29 is 22.7 Å². The van der Waals surface area contributed by atoms with Crippen LogP contribution in [0.25, 0.3) is 0 Å². The number of piperidine rings is 1. The van der Waals surface area contributed by atoms with Gasteiger partial charge in [-0.1, -0.05) is 12.1 Å². The van der Waals surface area contributed by atoms with Gasteiger partial charge in [-0.05, 0) is 56.5 Å². The number of carbonyl (C=O) groups excluding carboxylic acids is 1. The summed E-state index contributed by atoms with van der Waals surface area (Å²) < 4.78 is 40.2. The number of hydrogen-bond acceptors (Lipinski definition) is 3. The Morgan fingerprint density at radius 1 is 1.24 bits per heavy atom. The van der Waals surface area contributed by atoms with Gasteiger partial charge in [0.15, 0.2) is 0 Å². The van der Waals surface area contributed by atoms with Crippen LogP contribution in [0.2, 0.25) is 0 Å². The van der Waals surface area contributed by atoms with Crippen LogP contribution in [-0.2, 0) is 11.2 Å². The first-order valence-corrected chi connectivity index (χ1v) is 8.14. The van der Waals surface area contributed by atoms with Crippen LogP contribution in [0.5, 0.6) is 5.75 Å². The maximum Gasteiger partial charge on any atom is 0.573 e. The molecule has 1 aliphatic heterocycles. The Hall–Kier alpha value is -1.47. The zero-order chi connectivity index (χ0) is 17.6. The van der Waals surface area contributed by atoms with Crippen LogP contribution in [0.3, 0.4) is 0 Å². The first-order valence-electron chi connectivity index (χ1n) is 8.14. The molecular weight excluding hydrogens is 357 g/mol. The Morgan fingerprint density at radius 3 is 2.36 bits per heavy atom. The number of hydrogen-bond donors (Lipinski definition) is 1. The summed E-state index contributed by atoms with van der Waals surface area (Å²) in [4.78, 5) is 14.1. The van der Waals surface area contributed by atoms with Crippen molar-refractivity contribution in [2.24, 2.45) is 5.92 Å². The normalized spacial score (nSPS) is 15.6. The Balaban J connectivity index is 0.00000312. The molecule has 0 spiro atoms. The van der Waals surface area contributed by atoms with Crippen LogP contribution in [0.1, 0.15) is 24.8 Å². The molecule has 0 saturated carbocycles. The molecule has 0 aromatic heterocycles. The highest BCUT2D eigenvalue weighted by Crippen LogP contribution is 2.24. The maximum absolute atomic E-state index is 12.3. The zero-order valence-electron chi connectivity index (χ0n) is 14.1. The van der Waals surface area contributed by atoms with E-state index in [2.05, 4.69) is 10.1 Å². The predicted molar refractivity (Wildman–Crippen MR) is 91.9 cm³/mol. The standard InChI is InChI=1S/C17H23F3N2O2.ClH/c1-21-9-6-13-7-10-22(11-8-13)16(23)12-14-2-4-15(5-3-14)24-17(18,19)20;/h2-5,13,21H,6-12H2,1H3;1H. The highest BCUT2D eigenvalue weighted by Gasteiger charge is 2.31. The molecule has 1 saturated heterocycles. The van der Waals surface area contributed by atoms with E-state index in [1.165, 1.54) is 24.3 Å². The quantitative estimate of drug-likeness (QED) is 0.822. The van der Waals surface area contributed by atoms with E-state index in [0.717, 1.165) is 38.9 Å². The third-order valence-electron chi connectivity index (χ3n) is 4.28. The molecule has 1 amide bonds. The first kappa shape index (κ1) is 21.6. The number of amides is 1. The van der Waals surface area contributed by atoms with Gasteiger partial charge in [0.1, 0.15) is 5.75 Å². The molecule has 1 fully saturated rings. The molecule has 25 heavy (non-hydrogen) atoms. The van der Waals surface area contributed by atoms with E-state index >= 15 is 0 Å². The summed E-state index contributed by atoms with van der Waals surface area (Å²) in [6.07, 6.45) is -1.36. The summed E-state index contributed by atoms with van der Waals surface area (Å²) in [6.45, 7) is 2.50. The van der Waals surface area contributed by atoms with Crippen molar-refractivity contribution in [2.75, 3.05) is 26.7 Å². The second-order valence-corrected chi connectivity index (χ2v) is 6.08. The number of halogens is 4. The van der Waals surface area contributed by atoms with Crippen LogP contribution in [-0.4, -0.2) is 43.9 Å². The largest absolute Gasteiger partial charge is 0.573 e. The van der Waals surface area contributed by atoms with Gasteiger partial charge >= 0.3 is 6.36 Å². The molecule has 0 aliphatic carbocycles. The molecule has 1 aliphatic rings. The summed E-state index contributed by atoms with van der Waals surface area (Å²) in [5, 5.41) is 3.14. The average Bonchev–Trinajstić information content (AvgIpc) is 2.54. The molecule has 8 heteroatoms. The monoisotopic (exact) mass is 380 g/mol. The Labute approximate surface area is 152 Å². The van der Waals surface area contributed by atoms with E-state index in [1.807, 2.05) is 11.9 Å². The Bertz CT molecular complexity index is 530. The van der Waals surface area contributed by atoms with Crippen LogP contribution in [0, 0.1) is 5.92 Å². The maximum atomic E-state index is 12.3. The van der Waals surface area contributed by atoms with Gasteiger partial charge in [-0.15, -0.1) is 25.6 Å². The SMILES string of the molecule is CNCCC1CCN(C(=O)Cc2ccc(OC(F)(F)F)cc2)CC1.Cl. The molecule has 0 radical (unpaired) electrons. The van der Waals surface area contributed by atoms with Crippen molar-refractivity contribution >= 4 is 18.3 Å². The van der Waals surface area contributed by atoms with Crippen molar-refractivity contribution in [2.45, 2.75) is 32.0 Å². The molecule has 1 aromatic rings. The van der Waals surface area contributed by atoms with Crippen molar-refractivity contribution in [1.29, 1.82) is 0 Å². The summed E-state index contributed by atoms with van der Waals surface area (Å²) in [5.41, 5.74) is 0.687. The molecule has 4 nitrogen and oxygen atoms in total. The number of alkyl halides is 3. The molecule has 0 unspecified atom stereocenters. The number of benzene rings is 1. The number of nitrogens with one attached hydrogen (secondary N) is 1. The Kier molecular flexibility index (Phi) is 8.52. The molecule has 0 atom stereocenters. The van der Waals surface area contributed by atoms with Gasteiger partial charge < -0.3 is 15.0 Å². The van der Waals surface area contributed by atoms with E-state index in [4.69, 9.17) is 0 Å². The lowest BCUT2D eigenvalue weighted by Gasteiger charge is -2.32. The summed E-state index contributed by atoms with van der Waals surface area (Å²) in [7, 11) is 1.93. The number of ether oxygens (including phenoxy) is 1. The topological polar surface area (TPSA) is 41.6 Å². The molecule has 142 valence electrons. The lowest BCUT2D eigenvalue weighted by molar-refractivity contribution is -0.274. The lowest BCUT2D eigenvalue weighted by Crippen LogP contribution is -2.39. The van der Waals surface area contributed by atoms with Gasteiger partial charge in [0, 0.05) is 13.1 Å². The summed E-state index contributed by atoms with van der Waals surface area (Å²) >= 11 is 0. The number of likely N-dealkylation sites (tertiary alicyclic amines) is 1. The smallest absolute Gasteiger partial charge is 0.406 e. The fraction of sp³-hybridized carbons (Fsp3) is 0.588. The average molecular weight is 381 g/mol. The van der Waals surface area contributed by atoms with E-state index in [1.54, 1.807) is 0 Å². The van der Waals surface area contributed by atoms with Crippen molar-refractivity contribution in [1.82, 2.24) is 10.2 Å². The van der Waals surface area contributed by atoms with E-state index in [-0.39, 0.29) is 30.5 Å². The Morgan fingerprint density at radius 2 is 1.84 bits per heavy atom. The highest BCUT2D eigenvalue weighted by atomic mass is 35.5. The van der Waals surface area contributed by atoms with Crippen LogP contribution in [0.4, 0.5) is 13.2 Å². The third-order valence-corrected chi connectivity index (χ3v) is 4.28. The lowest BCUT2D eigenvalue weighted by atomic mass is 9.93. The second kappa shape index (κ2) is 9.87. The van der Waals surface area contributed by atoms with Crippen molar-refractivity contribution in [3.05, 3.63) is 29.8 Å². The molecule has 1 heterocycles. The van der Waals surface area contributed by atoms with E-state index < -0.39 is 6.36 Å². The number of nitrogens with zero attached hydrogens (tertiary/aromatic N) is 1. The van der Waals surface area contributed by atoms with Crippen LogP contribution >= 0.6 is 12.4 Å². The van der Waals surface area contributed by atoms with Gasteiger partial charge in [0.05, 0.1) is 6.42 Å². The van der Waals surface area contributed by atoms with Crippen LogP contribution < -0.4 is 10.1 Å². The fourth-order valence-electron chi connectivity index (χ4n) is 2.91. The predicted octanol–water partition coefficient (Wildman–Crippen LogP) is 3.40. The van der Waals surface area contributed by atoms with Gasteiger partial charge in [0.2, 0.25) is 5.91 Å². The molecule has 2 rings (SSSR count). The molecule has 0 bridgehead atoms. The minimum absolute atomic E-state index is 0. The van der Waals surface area contributed by atoms with Gasteiger partial charge in [-0.3, -0.25) is 4.79 Å². The van der Waals surface area contributed by atoms with Crippen LogP contribution in [0.15, 0.2) is 24.3 Å². The number of rotatable bonds is 6. The van der Waals surface area contributed by atoms with Gasteiger partial charge in [-0.25, -0.2) is 0 Å². The van der Waals surface area contributed by atoms with E-state index in [0.29, 0.717) is 11.5 Å². The summed E-state index contributed by atoms with van der Waals surface area (Å²) in [6, 6.07) is 5.47. The fourth-order valence-corrected chi connectivity index (χ4v) is 2.91. The summed E-state index contributed by atoms with van der Waals surface area (Å²) in [5.74, 6) is 0.399. The zero-order valence-corrected chi connectivity index (χ0v) is 15.0. The van der Waals surface area contributed by atoms with Crippen molar-refractivity contribution in [3.63, 3.8) is 0 Å². The van der Waals surface area contributed by atoms with Crippen molar-refractivity contribution in [3.8, 4) is 5.75 Å². The van der Waals surface area contributed by atoms with Gasteiger partial charge in [-0.2, -0.15) is 0 Å². The highest BCUT2D eigenvalue weighted by molar-refractivity contribution is 5.85. The first-order chi connectivity index (χ1) is 11.4. The molecule has 1 aromatic carbocycles. The van der Waals surface area contributed by atoms with E-state index in [9.17, 15) is 18.0 Å². The minimum atomic E-state index is -4.70. The van der Waals surface area contributed by atoms with Gasteiger partial charge in [0.25, 0.3) is 0 Å². The number of carbonyl (C=O) groups is 1. The third kappa shape index (κ3) is 7.52.